The molecule has 1 atom stereocenters. The average Bonchev–Trinajstić information content (AvgIpc) is 1.08. The Morgan fingerprint density at radius 2 is 0.176 bits per heavy atom. The minimum atomic E-state index is -0.527. The first-order valence-corrected chi connectivity index (χ1v) is 48.6. The second kappa shape index (κ2) is 131. The van der Waals surface area contributed by atoms with Crippen LogP contribution >= 0.6 is 0 Å². The molecule has 0 bridgehead atoms. The van der Waals surface area contributed by atoms with Crippen LogP contribution in [-0.2, 0) is 204 Å². The van der Waals surface area contributed by atoms with Gasteiger partial charge in [-0.2, -0.15) is 0 Å². The van der Waals surface area contributed by atoms with E-state index in [1.165, 1.54) is 0 Å². The van der Waals surface area contributed by atoms with Crippen LogP contribution in [0, 0.1) is 0 Å². The summed E-state index contributed by atoms with van der Waals surface area (Å²) in [5.41, 5.74) is 5.39. The molecular weight excluding hydrogens is 1810 g/mol. The van der Waals surface area contributed by atoms with E-state index < -0.39 is 6.10 Å². The smallest absolute Gasteiger partial charge is 0.0785 e. The quantitative estimate of drug-likeness (QED) is 0.0640. The van der Waals surface area contributed by atoms with Gasteiger partial charge in [-0.25, -0.2) is 0 Å². The highest BCUT2D eigenvalue weighted by Gasteiger charge is 2.07. The van der Waals surface area contributed by atoms with Crippen LogP contribution in [0.3, 0.4) is 0 Å². The molecule has 46 heteroatoms. The maximum Gasteiger partial charge on any atom is 0.0785 e. The van der Waals surface area contributed by atoms with Crippen molar-refractivity contribution in [2.75, 3.05) is 581 Å². The predicted molar refractivity (Wildman–Crippen MR) is 492 cm³/mol. The van der Waals surface area contributed by atoms with Gasteiger partial charge in [0.25, 0.3) is 0 Å². The van der Waals surface area contributed by atoms with E-state index in [4.69, 9.17) is 215 Å². The number of hydrogen-bond acceptors (Lipinski definition) is 46. The van der Waals surface area contributed by atoms with Crippen LogP contribution in [0.25, 0.3) is 0 Å². The molecule has 0 aromatic heterocycles. The maximum absolute atomic E-state index is 9.53. The van der Waals surface area contributed by atoms with Crippen molar-refractivity contribution in [1.29, 1.82) is 0 Å². The Morgan fingerprint density at radius 1 is 0.110 bits per heavy atom. The molecule has 0 radical (unpaired) electrons. The fraction of sp³-hybridized carbons (Fsp3) is 1.00. The maximum atomic E-state index is 9.53. The molecule has 0 heterocycles. The van der Waals surface area contributed by atoms with Crippen LogP contribution in [0.2, 0.25) is 0 Å². The molecule has 0 fully saturated rings. The van der Waals surface area contributed by atoms with Gasteiger partial charge >= 0.3 is 0 Å². The summed E-state index contributed by atoms with van der Waals surface area (Å²) in [6.07, 6.45) is -0.00187. The van der Waals surface area contributed by atoms with Crippen LogP contribution in [0.5, 0.6) is 0 Å². The molecule has 0 spiro atoms. The summed E-state index contributed by atoms with van der Waals surface area (Å²) in [5.74, 6) is 0. The highest BCUT2D eigenvalue weighted by molar-refractivity contribution is 4.54. The first-order valence-electron chi connectivity index (χ1n) is 48.6. The molecule has 0 aliphatic carbocycles. The van der Waals surface area contributed by atoms with E-state index in [1.54, 1.807) is 0 Å². The Hall–Kier alpha value is -1.84. The lowest BCUT2D eigenvalue weighted by atomic mass is 10.3. The standard InChI is InChI=1S/C90H183NO45/c91-2-1-90(93)89-136-88-87-135-86-85-134-84-83-133-82-81-132-80-79-131-78-77-130-76-75-129-74-73-128-72-71-127-70-69-126-68-67-125-66-65-124-64-63-123-62-61-122-60-59-121-58-57-120-56-55-119-54-53-118-52-51-117-50-49-116-48-47-115-46-45-114-44-43-113-42-41-112-40-39-111-38-37-110-36-35-109-34-33-108-32-31-107-30-29-106-28-27-105-26-25-104-24-23-103-22-21-102-20-19-101-18-17-100-16-15-99-14-13-98-12-11-97-10-9-96-8-7-95-6-5-94-4-3-92/h90,92-93H,1-89,91H2. The third-order valence-electron chi connectivity index (χ3n) is 16.7. The Morgan fingerprint density at radius 3 is 0.243 bits per heavy atom. The molecule has 0 aromatic rings. The molecule has 0 aliphatic heterocycles. The van der Waals surface area contributed by atoms with Gasteiger partial charge in [0.2, 0.25) is 0 Å². The van der Waals surface area contributed by atoms with Gasteiger partial charge < -0.3 is 220 Å². The zero-order valence-electron chi connectivity index (χ0n) is 82.5. The Labute approximate surface area is 810 Å². The number of hydrogen-bond donors (Lipinski definition) is 3. The third kappa shape index (κ3) is 130. The lowest BCUT2D eigenvalue weighted by molar-refractivity contribution is -0.0330. The van der Waals surface area contributed by atoms with E-state index in [2.05, 4.69) is 0 Å². The lowest BCUT2D eigenvalue weighted by Gasteiger charge is -2.10. The van der Waals surface area contributed by atoms with Gasteiger partial charge in [0.05, 0.1) is 581 Å². The topological polar surface area (TPSA) is 463 Å². The summed E-state index contributed by atoms with van der Waals surface area (Å²) in [6.45, 7) is 40.9. The van der Waals surface area contributed by atoms with Gasteiger partial charge in [0.15, 0.2) is 0 Å². The molecule has 0 aromatic carbocycles. The molecular formula is C90H183NO45. The molecule has 46 nitrogen and oxygen atoms in total. The zero-order chi connectivity index (χ0) is 96.9. The molecule has 0 aliphatic rings. The number of rotatable bonds is 132. The van der Waals surface area contributed by atoms with Gasteiger partial charge in [0.1, 0.15) is 0 Å². The van der Waals surface area contributed by atoms with Crippen LogP contribution in [0.1, 0.15) is 6.42 Å². The highest BCUT2D eigenvalue weighted by atomic mass is 16.7. The van der Waals surface area contributed by atoms with Crippen molar-refractivity contribution in [3.8, 4) is 0 Å². The summed E-state index contributed by atoms with van der Waals surface area (Å²) < 4.78 is 237. The van der Waals surface area contributed by atoms with Crippen LogP contribution in [-0.4, -0.2) is 598 Å². The Kier molecular flexibility index (Phi) is 129. The molecule has 136 heavy (non-hydrogen) atoms. The Balaban J connectivity index is 3.11. The summed E-state index contributed by atoms with van der Waals surface area (Å²) >= 11 is 0. The first kappa shape index (κ1) is 134. The van der Waals surface area contributed by atoms with Crippen LogP contribution in [0.15, 0.2) is 0 Å². The number of aliphatic hydroxyl groups is 2. The number of nitrogens with two attached hydrogens (primary N) is 1. The van der Waals surface area contributed by atoms with Crippen molar-refractivity contribution in [2.24, 2.45) is 5.73 Å². The lowest BCUT2D eigenvalue weighted by Crippen LogP contribution is -2.21. The van der Waals surface area contributed by atoms with Gasteiger partial charge in [-0.05, 0) is 13.0 Å². The van der Waals surface area contributed by atoms with Gasteiger partial charge in [-0.3, -0.25) is 0 Å². The minimum Gasteiger partial charge on any atom is -0.394 e. The van der Waals surface area contributed by atoms with Gasteiger partial charge in [0, 0.05) is 0 Å². The fourth-order valence-corrected chi connectivity index (χ4v) is 9.80. The molecule has 818 valence electrons. The monoisotopic (exact) mass is 2000 g/mol. The van der Waals surface area contributed by atoms with Crippen LogP contribution < -0.4 is 5.73 Å². The number of aliphatic hydroxyl groups excluding tert-OH is 2. The average molecular weight is 2000 g/mol. The van der Waals surface area contributed by atoms with Crippen molar-refractivity contribution in [2.45, 2.75) is 12.5 Å². The summed E-state index contributed by atoms with van der Waals surface area (Å²) in [7, 11) is 0. The van der Waals surface area contributed by atoms with Crippen molar-refractivity contribution >= 4 is 0 Å². The van der Waals surface area contributed by atoms with Crippen molar-refractivity contribution in [3.63, 3.8) is 0 Å². The third-order valence-corrected chi connectivity index (χ3v) is 16.7. The van der Waals surface area contributed by atoms with Crippen molar-refractivity contribution < 1.29 is 214 Å². The molecule has 0 rings (SSSR count). The van der Waals surface area contributed by atoms with Gasteiger partial charge in [-0.15, -0.1) is 0 Å². The zero-order valence-corrected chi connectivity index (χ0v) is 82.5. The highest BCUT2D eigenvalue weighted by Crippen LogP contribution is 1.98. The second-order valence-electron chi connectivity index (χ2n) is 27.7. The van der Waals surface area contributed by atoms with Crippen LogP contribution in [0.4, 0.5) is 0 Å². The fourth-order valence-electron chi connectivity index (χ4n) is 9.80. The van der Waals surface area contributed by atoms with E-state index in [9.17, 15) is 5.11 Å². The molecule has 0 saturated heterocycles. The van der Waals surface area contributed by atoms with E-state index in [1.807, 2.05) is 0 Å². The molecule has 0 amide bonds. The number of ether oxygens (including phenoxy) is 43. The summed E-state index contributed by atoms with van der Waals surface area (Å²) in [5, 5.41) is 18.2. The van der Waals surface area contributed by atoms with E-state index in [0.29, 0.717) is 575 Å². The largest absolute Gasteiger partial charge is 0.394 e. The summed E-state index contributed by atoms with van der Waals surface area (Å²) in [6, 6.07) is 0. The summed E-state index contributed by atoms with van der Waals surface area (Å²) in [4.78, 5) is 0. The van der Waals surface area contributed by atoms with E-state index in [-0.39, 0.29) is 13.2 Å². The molecule has 4 N–H and O–H groups in total. The second-order valence-corrected chi connectivity index (χ2v) is 27.7. The van der Waals surface area contributed by atoms with E-state index >= 15 is 0 Å². The first-order chi connectivity index (χ1) is 67.8. The van der Waals surface area contributed by atoms with Crippen molar-refractivity contribution in [1.82, 2.24) is 0 Å². The van der Waals surface area contributed by atoms with Gasteiger partial charge in [-0.1, -0.05) is 0 Å². The minimum absolute atomic E-state index is 0.0142. The molecule has 0 saturated carbocycles. The van der Waals surface area contributed by atoms with E-state index in [0.717, 1.165) is 0 Å². The Bertz CT molecular complexity index is 1880. The predicted octanol–water partition coefficient (Wildman–Crippen LogP) is -0.598. The SMILES string of the molecule is NCCC(O)COCCOCCOCCOCCOCCOCCOCCOCCOCCOCCOCCOCCOCCOCCOCCOCCOCCOCCOCCOCCOCCOCCOCCOCCOCCOCCOCCOCCOCCOCCOCCOCCOCCOCCOCCOCCOCCOCCOCCOCCOCCOCCOCCO. The van der Waals surface area contributed by atoms with Crippen molar-refractivity contribution in [3.05, 3.63) is 0 Å². The molecule has 1 unspecified atom stereocenters. The normalized spacial score (nSPS) is 12.1.